The van der Waals surface area contributed by atoms with Crippen LogP contribution in [0.5, 0.6) is 0 Å². The van der Waals surface area contributed by atoms with E-state index < -0.39 is 0 Å². The van der Waals surface area contributed by atoms with Gasteiger partial charge in [-0.05, 0) is 29.7 Å². The predicted octanol–water partition coefficient (Wildman–Crippen LogP) is -0.0117. The van der Waals surface area contributed by atoms with Crippen LogP contribution in [0.1, 0.15) is 24.0 Å². The molecular weight excluding hydrogens is 282 g/mol. The lowest BCUT2D eigenvalue weighted by molar-refractivity contribution is -0.137. The molecular formula is C16H19N3O3. The van der Waals surface area contributed by atoms with E-state index in [4.69, 9.17) is 0 Å². The van der Waals surface area contributed by atoms with E-state index >= 15 is 0 Å². The second kappa shape index (κ2) is 5.07. The van der Waals surface area contributed by atoms with Gasteiger partial charge in [0.05, 0.1) is 12.1 Å². The number of fused-ring (bicyclic) bond motifs is 1. The van der Waals surface area contributed by atoms with E-state index in [1.165, 1.54) is 11.1 Å². The number of amides is 2. The summed E-state index contributed by atoms with van der Waals surface area (Å²) in [6.07, 6.45) is 0.803. The Morgan fingerprint density at radius 1 is 1.14 bits per heavy atom. The SMILES string of the molecule is O=C1CCC(N2Cc3ccc(N4CC(O)C4)cc3C2)C(=O)N1. The summed E-state index contributed by atoms with van der Waals surface area (Å²) in [7, 11) is 0. The molecule has 0 radical (unpaired) electrons. The van der Waals surface area contributed by atoms with E-state index in [1.807, 2.05) is 0 Å². The Kier molecular flexibility index (Phi) is 3.16. The Bertz CT molecular complexity index is 640. The summed E-state index contributed by atoms with van der Waals surface area (Å²) in [5.41, 5.74) is 3.62. The molecule has 1 unspecified atom stereocenters. The molecule has 1 aromatic rings. The van der Waals surface area contributed by atoms with Gasteiger partial charge in [-0.1, -0.05) is 6.07 Å². The van der Waals surface area contributed by atoms with E-state index in [1.54, 1.807) is 0 Å². The van der Waals surface area contributed by atoms with Gasteiger partial charge in [0.15, 0.2) is 0 Å². The summed E-state index contributed by atoms with van der Waals surface area (Å²) in [5, 5.41) is 11.8. The second-order valence-corrected chi connectivity index (χ2v) is 6.38. The van der Waals surface area contributed by atoms with Crippen molar-refractivity contribution in [2.45, 2.75) is 38.1 Å². The van der Waals surface area contributed by atoms with Crippen LogP contribution in [0.3, 0.4) is 0 Å². The first-order chi connectivity index (χ1) is 10.6. The van der Waals surface area contributed by atoms with Crippen molar-refractivity contribution < 1.29 is 14.7 Å². The van der Waals surface area contributed by atoms with Crippen LogP contribution in [0.2, 0.25) is 0 Å². The molecule has 0 saturated carbocycles. The summed E-state index contributed by atoms with van der Waals surface area (Å²) in [6, 6.07) is 6.15. The molecule has 3 heterocycles. The molecule has 4 rings (SSSR count). The lowest BCUT2D eigenvalue weighted by Crippen LogP contribution is -2.51. The standard InChI is InChI=1S/C16H19N3O3/c20-13-8-18(9-13)12-2-1-10-6-19(7-11(10)5-12)14-3-4-15(21)17-16(14)22/h1-2,5,13-14,20H,3-4,6-9H2,(H,17,21,22). The van der Waals surface area contributed by atoms with Crippen LogP contribution in [0.25, 0.3) is 0 Å². The molecule has 2 N–H and O–H groups in total. The molecule has 1 atom stereocenters. The lowest BCUT2D eigenvalue weighted by Gasteiger charge is -2.38. The van der Waals surface area contributed by atoms with Crippen LogP contribution in [-0.4, -0.2) is 47.1 Å². The van der Waals surface area contributed by atoms with Gasteiger partial charge in [-0.2, -0.15) is 0 Å². The highest BCUT2D eigenvalue weighted by Gasteiger charge is 2.35. The van der Waals surface area contributed by atoms with Crippen LogP contribution in [-0.2, 0) is 22.7 Å². The van der Waals surface area contributed by atoms with Gasteiger partial charge in [-0.25, -0.2) is 0 Å². The van der Waals surface area contributed by atoms with Crippen molar-refractivity contribution in [1.82, 2.24) is 10.2 Å². The van der Waals surface area contributed by atoms with Crippen LogP contribution in [0, 0.1) is 0 Å². The van der Waals surface area contributed by atoms with E-state index in [-0.39, 0.29) is 24.0 Å². The van der Waals surface area contributed by atoms with Gasteiger partial charge in [-0.3, -0.25) is 19.8 Å². The monoisotopic (exact) mass is 301 g/mol. The highest BCUT2D eigenvalue weighted by Crippen LogP contribution is 2.31. The van der Waals surface area contributed by atoms with Crippen molar-refractivity contribution in [3.63, 3.8) is 0 Å². The quantitative estimate of drug-likeness (QED) is 0.752. The smallest absolute Gasteiger partial charge is 0.243 e. The van der Waals surface area contributed by atoms with Crippen molar-refractivity contribution in [1.29, 1.82) is 0 Å². The summed E-state index contributed by atoms with van der Waals surface area (Å²) < 4.78 is 0. The lowest BCUT2D eigenvalue weighted by atomic mass is 10.0. The number of anilines is 1. The van der Waals surface area contributed by atoms with Crippen LogP contribution in [0.15, 0.2) is 18.2 Å². The van der Waals surface area contributed by atoms with E-state index in [2.05, 4.69) is 33.3 Å². The number of piperidine rings is 1. The minimum Gasteiger partial charge on any atom is -0.389 e. The Balaban J connectivity index is 1.48. The van der Waals surface area contributed by atoms with Gasteiger partial charge >= 0.3 is 0 Å². The zero-order valence-corrected chi connectivity index (χ0v) is 12.3. The third-order valence-corrected chi connectivity index (χ3v) is 4.82. The van der Waals surface area contributed by atoms with Crippen LogP contribution in [0.4, 0.5) is 5.69 Å². The van der Waals surface area contributed by atoms with Crippen molar-refractivity contribution in [3.05, 3.63) is 29.3 Å². The minimum atomic E-state index is -0.215. The number of carbonyl (C=O) groups excluding carboxylic acids is 2. The van der Waals surface area contributed by atoms with Crippen LogP contribution < -0.4 is 10.2 Å². The van der Waals surface area contributed by atoms with Gasteiger partial charge in [-0.15, -0.1) is 0 Å². The normalized spacial score (nSPS) is 25.9. The molecule has 0 aromatic heterocycles. The fourth-order valence-electron chi connectivity index (χ4n) is 3.52. The van der Waals surface area contributed by atoms with Crippen molar-refractivity contribution in [2.24, 2.45) is 0 Å². The Morgan fingerprint density at radius 3 is 2.64 bits per heavy atom. The van der Waals surface area contributed by atoms with Crippen molar-refractivity contribution in [2.75, 3.05) is 18.0 Å². The summed E-state index contributed by atoms with van der Waals surface area (Å²) in [5.74, 6) is -0.341. The zero-order chi connectivity index (χ0) is 15.3. The summed E-state index contributed by atoms with van der Waals surface area (Å²) in [4.78, 5) is 27.6. The van der Waals surface area contributed by atoms with E-state index in [0.717, 1.165) is 18.8 Å². The number of benzene rings is 1. The molecule has 3 aliphatic heterocycles. The number of nitrogens with zero attached hydrogens (tertiary/aromatic N) is 2. The molecule has 22 heavy (non-hydrogen) atoms. The van der Waals surface area contributed by atoms with Gasteiger partial charge in [0.25, 0.3) is 0 Å². The number of nitrogens with one attached hydrogen (secondary N) is 1. The Hall–Kier alpha value is -1.92. The van der Waals surface area contributed by atoms with Gasteiger partial charge in [0.1, 0.15) is 0 Å². The number of imide groups is 1. The maximum absolute atomic E-state index is 12.0. The molecule has 6 nitrogen and oxygen atoms in total. The predicted molar refractivity (Wildman–Crippen MR) is 80.1 cm³/mol. The van der Waals surface area contributed by atoms with Gasteiger partial charge < -0.3 is 10.0 Å². The highest BCUT2D eigenvalue weighted by molar-refractivity contribution is 6.00. The summed E-state index contributed by atoms with van der Waals surface area (Å²) in [6.45, 7) is 2.88. The topological polar surface area (TPSA) is 72.9 Å². The van der Waals surface area contributed by atoms with Gasteiger partial charge in [0, 0.05) is 38.3 Å². The maximum atomic E-state index is 12.0. The Morgan fingerprint density at radius 2 is 1.91 bits per heavy atom. The average molecular weight is 301 g/mol. The number of carbonyl (C=O) groups is 2. The first-order valence-corrected chi connectivity index (χ1v) is 7.73. The fraction of sp³-hybridized carbons (Fsp3) is 0.500. The molecule has 116 valence electrons. The first-order valence-electron chi connectivity index (χ1n) is 7.73. The molecule has 1 aromatic carbocycles. The van der Waals surface area contributed by atoms with E-state index in [0.29, 0.717) is 25.9 Å². The maximum Gasteiger partial charge on any atom is 0.243 e. The molecule has 3 aliphatic rings. The molecule has 2 amide bonds. The minimum absolute atomic E-state index is 0.170. The second-order valence-electron chi connectivity index (χ2n) is 6.38. The summed E-state index contributed by atoms with van der Waals surface area (Å²) >= 11 is 0. The molecule has 0 aliphatic carbocycles. The molecule has 2 fully saturated rings. The van der Waals surface area contributed by atoms with Crippen LogP contribution >= 0.6 is 0 Å². The third kappa shape index (κ3) is 2.28. The zero-order valence-electron chi connectivity index (χ0n) is 12.3. The number of hydrogen-bond acceptors (Lipinski definition) is 5. The third-order valence-electron chi connectivity index (χ3n) is 4.82. The number of aliphatic hydroxyl groups excluding tert-OH is 1. The molecule has 2 saturated heterocycles. The average Bonchev–Trinajstić information content (AvgIpc) is 2.86. The fourth-order valence-corrected chi connectivity index (χ4v) is 3.52. The molecule has 6 heteroatoms. The van der Waals surface area contributed by atoms with Gasteiger partial charge in [0.2, 0.25) is 11.8 Å². The van der Waals surface area contributed by atoms with Crippen molar-refractivity contribution >= 4 is 17.5 Å². The Labute approximate surface area is 128 Å². The largest absolute Gasteiger partial charge is 0.389 e. The molecule has 0 spiro atoms. The number of β-amino-alcohol motifs (C(OH)–C–C–N with tert-alkyl or cyclic N) is 1. The van der Waals surface area contributed by atoms with E-state index in [9.17, 15) is 14.7 Å². The number of hydrogen-bond donors (Lipinski definition) is 2. The van der Waals surface area contributed by atoms with Crippen molar-refractivity contribution in [3.8, 4) is 0 Å². The first kappa shape index (κ1) is 13.7. The number of rotatable bonds is 2. The number of aliphatic hydroxyl groups is 1. The highest BCUT2D eigenvalue weighted by atomic mass is 16.3. The molecule has 0 bridgehead atoms.